The van der Waals surface area contributed by atoms with Gasteiger partial charge >= 0.3 is 0 Å². The average molecular weight is 365 g/mol. The van der Waals surface area contributed by atoms with E-state index in [4.69, 9.17) is 21.1 Å². The van der Waals surface area contributed by atoms with E-state index in [2.05, 4.69) is 10.2 Å². The van der Waals surface area contributed by atoms with Gasteiger partial charge in [0.25, 0.3) is 5.91 Å². The number of hydrogen-bond donors (Lipinski definition) is 1. The number of morpholine rings is 1. The number of carbonyl (C=O) groups is 1. The van der Waals surface area contributed by atoms with E-state index in [9.17, 15) is 9.18 Å². The van der Waals surface area contributed by atoms with E-state index >= 15 is 0 Å². The van der Waals surface area contributed by atoms with E-state index in [0.29, 0.717) is 42.8 Å². The monoisotopic (exact) mass is 364 g/mol. The van der Waals surface area contributed by atoms with Crippen molar-refractivity contribution in [1.29, 1.82) is 0 Å². The Morgan fingerprint density at radius 1 is 1.20 bits per heavy atom. The third-order valence-corrected chi connectivity index (χ3v) is 4.08. The van der Waals surface area contributed by atoms with Crippen molar-refractivity contribution in [1.82, 2.24) is 0 Å². The zero-order valence-electron chi connectivity index (χ0n) is 13.5. The lowest BCUT2D eigenvalue weighted by molar-refractivity contribution is -0.118. The molecule has 0 spiro atoms. The lowest BCUT2D eigenvalue weighted by Crippen LogP contribution is -2.37. The van der Waals surface area contributed by atoms with Crippen LogP contribution < -0.4 is 15.0 Å². The number of para-hydroxylation sites is 1. The highest BCUT2D eigenvalue weighted by atomic mass is 35.5. The Labute approximate surface area is 150 Å². The molecule has 1 N–H and O–H groups in total. The molecule has 7 heteroatoms. The molecule has 1 heterocycles. The van der Waals surface area contributed by atoms with Crippen LogP contribution in [-0.4, -0.2) is 38.8 Å². The van der Waals surface area contributed by atoms with Crippen molar-refractivity contribution in [3.63, 3.8) is 0 Å². The summed E-state index contributed by atoms with van der Waals surface area (Å²) in [5.41, 5.74) is 1.41. The number of ether oxygens (including phenoxy) is 2. The Morgan fingerprint density at radius 2 is 1.92 bits per heavy atom. The smallest absolute Gasteiger partial charge is 0.262 e. The number of anilines is 2. The van der Waals surface area contributed by atoms with Gasteiger partial charge in [-0.1, -0.05) is 17.7 Å². The van der Waals surface area contributed by atoms with Gasteiger partial charge in [-0.3, -0.25) is 4.79 Å². The van der Waals surface area contributed by atoms with Crippen LogP contribution in [0, 0.1) is 5.82 Å². The zero-order chi connectivity index (χ0) is 17.6. The van der Waals surface area contributed by atoms with E-state index in [1.807, 2.05) is 0 Å². The summed E-state index contributed by atoms with van der Waals surface area (Å²) < 4.78 is 23.6. The molecule has 132 valence electrons. The molecular formula is C18H18ClFN2O3. The van der Waals surface area contributed by atoms with Crippen LogP contribution in [0.4, 0.5) is 15.8 Å². The van der Waals surface area contributed by atoms with Gasteiger partial charge in [-0.2, -0.15) is 0 Å². The summed E-state index contributed by atoms with van der Waals surface area (Å²) in [6, 6.07) is 10.9. The van der Waals surface area contributed by atoms with Crippen LogP contribution in [0.15, 0.2) is 42.5 Å². The third-order valence-electron chi connectivity index (χ3n) is 3.77. The highest BCUT2D eigenvalue weighted by Crippen LogP contribution is 2.34. The third kappa shape index (κ3) is 4.61. The van der Waals surface area contributed by atoms with Gasteiger partial charge in [-0.25, -0.2) is 4.39 Å². The Bertz CT molecular complexity index is 734. The molecule has 25 heavy (non-hydrogen) atoms. The van der Waals surface area contributed by atoms with Crippen LogP contribution in [0.2, 0.25) is 5.02 Å². The number of halogens is 2. The first-order chi connectivity index (χ1) is 12.1. The molecule has 0 bridgehead atoms. The SMILES string of the molecule is O=C(COc1ccc(F)cc1)Nc1cccc(Cl)c1N1CCOCC1. The van der Waals surface area contributed by atoms with Crippen LogP contribution in [0.1, 0.15) is 0 Å². The van der Waals surface area contributed by atoms with Crippen molar-refractivity contribution in [2.24, 2.45) is 0 Å². The number of rotatable bonds is 5. The van der Waals surface area contributed by atoms with Gasteiger partial charge in [0.05, 0.1) is 29.6 Å². The van der Waals surface area contributed by atoms with E-state index in [1.54, 1.807) is 18.2 Å². The second-order valence-corrected chi connectivity index (χ2v) is 5.93. The van der Waals surface area contributed by atoms with Gasteiger partial charge in [-0.05, 0) is 36.4 Å². The molecule has 1 aliphatic heterocycles. The molecule has 0 aromatic heterocycles. The summed E-state index contributed by atoms with van der Waals surface area (Å²) in [6.07, 6.45) is 0. The minimum Gasteiger partial charge on any atom is -0.484 e. The number of benzene rings is 2. The van der Waals surface area contributed by atoms with Crippen LogP contribution in [-0.2, 0) is 9.53 Å². The van der Waals surface area contributed by atoms with Gasteiger partial charge in [0, 0.05) is 13.1 Å². The van der Waals surface area contributed by atoms with Crippen LogP contribution >= 0.6 is 11.6 Å². The van der Waals surface area contributed by atoms with Crippen molar-refractivity contribution in [2.45, 2.75) is 0 Å². The first-order valence-electron chi connectivity index (χ1n) is 7.93. The molecule has 5 nitrogen and oxygen atoms in total. The Balaban J connectivity index is 1.66. The average Bonchev–Trinajstić information content (AvgIpc) is 2.62. The summed E-state index contributed by atoms with van der Waals surface area (Å²) in [5, 5.41) is 3.39. The molecule has 1 aliphatic rings. The zero-order valence-corrected chi connectivity index (χ0v) is 14.3. The highest BCUT2D eigenvalue weighted by molar-refractivity contribution is 6.34. The predicted molar refractivity (Wildman–Crippen MR) is 95.0 cm³/mol. The van der Waals surface area contributed by atoms with Gasteiger partial charge in [0.2, 0.25) is 0 Å². The number of hydrogen-bond acceptors (Lipinski definition) is 4. The van der Waals surface area contributed by atoms with E-state index in [0.717, 1.165) is 5.69 Å². The van der Waals surface area contributed by atoms with Gasteiger partial charge in [0.1, 0.15) is 11.6 Å². The molecule has 2 aromatic rings. The quantitative estimate of drug-likeness (QED) is 0.884. The first kappa shape index (κ1) is 17.5. The van der Waals surface area contributed by atoms with Crippen molar-refractivity contribution < 1.29 is 18.7 Å². The Hall–Kier alpha value is -2.31. The number of carbonyl (C=O) groups excluding carboxylic acids is 1. The summed E-state index contributed by atoms with van der Waals surface area (Å²) in [5.74, 6) is -0.247. The van der Waals surface area contributed by atoms with E-state index in [-0.39, 0.29) is 18.3 Å². The first-order valence-corrected chi connectivity index (χ1v) is 8.31. The van der Waals surface area contributed by atoms with Crippen LogP contribution in [0.25, 0.3) is 0 Å². The van der Waals surface area contributed by atoms with Crippen molar-refractivity contribution >= 4 is 28.9 Å². The molecule has 1 amide bonds. The number of nitrogens with zero attached hydrogens (tertiary/aromatic N) is 1. The standard InChI is InChI=1S/C18H18ClFN2O3/c19-15-2-1-3-16(18(15)22-8-10-24-11-9-22)21-17(23)12-25-14-6-4-13(20)5-7-14/h1-7H,8-12H2,(H,21,23). The maximum atomic E-state index is 12.9. The predicted octanol–water partition coefficient (Wildman–Crippen LogP) is 3.33. The van der Waals surface area contributed by atoms with Crippen LogP contribution in [0.5, 0.6) is 5.75 Å². The fourth-order valence-corrected chi connectivity index (χ4v) is 2.88. The molecule has 0 radical (unpaired) electrons. The molecule has 0 atom stereocenters. The van der Waals surface area contributed by atoms with Gasteiger partial charge < -0.3 is 19.7 Å². The Kier molecular flexibility index (Phi) is 5.73. The molecule has 2 aromatic carbocycles. The topological polar surface area (TPSA) is 50.8 Å². The summed E-state index contributed by atoms with van der Waals surface area (Å²) in [6.45, 7) is 2.47. The minimum absolute atomic E-state index is 0.180. The molecule has 1 saturated heterocycles. The molecule has 1 fully saturated rings. The van der Waals surface area contributed by atoms with E-state index < -0.39 is 0 Å². The molecule has 3 rings (SSSR count). The summed E-state index contributed by atoms with van der Waals surface area (Å²) >= 11 is 6.33. The van der Waals surface area contributed by atoms with Gasteiger partial charge in [0.15, 0.2) is 6.61 Å². The maximum Gasteiger partial charge on any atom is 0.262 e. The largest absolute Gasteiger partial charge is 0.484 e. The fraction of sp³-hybridized carbons (Fsp3) is 0.278. The fourth-order valence-electron chi connectivity index (χ4n) is 2.59. The maximum absolute atomic E-state index is 12.9. The number of amides is 1. The molecule has 0 saturated carbocycles. The normalized spacial score (nSPS) is 14.2. The molecule has 0 unspecified atom stereocenters. The van der Waals surface area contributed by atoms with Gasteiger partial charge in [-0.15, -0.1) is 0 Å². The molecular weight excluding hydrogens is 347 g/mol. The van der Waals surface area contributed by atoms with E-state index in [1.165, 1.54) is 24.3 Å². The van der Waals surface area contributed by atoms with Crippen LogP contribution in [0.3, 0.4) is 0 Å². The Morgan fingerprint density at radius 3 is 2.64 bits per heavy atom. The lowest BCUT2D eigenvalue weighted by Gasteiger charge is -2.31. The summed E-state index contributed by atoms with van der Waals surface area (Å²) in [7, 11) is 0. The summed E-state index contributed by atoms with van der Waals surface area (Å²) in [4.78, 5) is 14.3. The molecule has 0 aliphatic carbocycles. The second kappa shape index (κ2) is 8.18. The number of nitrogens with one attached hydrogen (secondary N) is 1. The van der Waals surface area contributed by atoms with Crippen molar-refractivity contribution in [3.8, 4) is 5.75 Å². The minimum atomic E-state index is -0.356. The second-order valence-electron chi connectivity index (χ2n) is 5.53. The lowest BCUT2D eigenvalue weighted by atomic mass is 10.2. The van der Waals surface area contributed by atoms with Crippen molar-refractivity contribution in [2.75, 3.05) is 43.1 Å². The highest BCUT2D eigenvalue weighted by Gasteiger charge is 2.19. The van der Waals surface area contributed by atoms with Crippen molar-refractivity contribution in [3.05, 3.63) is 53.3 Å².